The summed E-state index contributed by atoms with van der Waals surface area (Å²) in [7, 11) is 0. The van der Waals surface area contributed by atoms with Gasteiger partial charge < -0.3 is 4.90 Å². The van der Waals surface area contributed by atoms with Crippen LogP contribution in [0.1, 0.15) is 32.3 Å². The van der Waals surface area contributed by atoms with Gasteiger partial charge in [-0.1, -0.05) is 30.7 Å². The number of hydrogen-bond donors (Lipinski definition) is 1. The van der Waals surface area contributed by atoms with Gasteiger partial charge in [0.15, 0.2) is 0 Å². The summed E-state index contributed by atoms with van der Waals surface area (Å²) in [5.41, 5.74) is 4.11. The molecule has 0 unspecified atom stereocenters. The first-order chi connectivity index (χ1) is 9.11. The lowest BCUT2D eigenvalue weighted by atomic mass is 9.93. The normalized spacial score (nSPS) is 19.6. The van der Waals surface area contributed by atoms with E-state index in [1.165, 1.54) is 16.8 Å². The van der Waals surface area contributed by atoms with Gasteiger partial charge in [0, 0.05) is 37.8 Å². The molecule has 0 spiro atoms. The number of anilines is 1. The Morgan fingerprint density at radius 1 is 1.16 bits per heavy atom. The van der Waals surface area contributed by atoms with Crippen LogP contribution in [0, 0.1) is 0 Å². The Kier molecular flexibility index (Phi) is 4.61. The van der Waals surface area contributed by atoms with Crippen molar-refractivity contribution in [2.45, 2.75) is 26.7 Å². The molecule has 19 heavy (non-hydrogen) atoms. The SMILES string of the molecule is C/C=C(\C)[C@H](C)c1ccc(N2CCN(N)CC2)cc1. The first-order valence-electron chi connectivity index (χ1n) is 7.09. The summed E-state index contributed by atoms with van der Waals surface area (Å²) in [4.78, 5) is 2.40. The molecule has 0 aliphatic carbocycles. The Morgan fingerprint density at radius 3 is 2.26 bits per heavy atom. The number of nitrogens with zero attached hydrogens (tertiary/aromatic N) is 2. The highest BCUT2D eigenvalue weighted by molar-refractivity contribution is 5.49. The third-order valence-corrected chi connectivity index (χ3v) is 4.21. The van der Waals surface area contributed by atoms with Gasteiger partial charge in [-0.15, -0.1) is 0 Å². The van der Waals surface area contributed by atoms with Crippen molar-refractivity contribution in [2.75, 3.05) is 31.1 Å². The van der Waals surface area contributed by atoms with Crippen LogP contribution >= 0.6 is 0 Å². The van der Waals surface area contributed by atoms with E-state index in [-0.39, 0.29) is 0 Å². The third kappa shape index (κ3) is 3.37. The molecule has 0 radical (unpaired) electrons. The molecule has 1 aliphatic rings. The first-order valence-corrected chi connectivity index (χ1v) is 7.09. The third-order valence-electron chi connectivity index (χ3n) is 4.21. The molecule has 1 fully saturated rings. The quantitative estimate of drug-likeness (QED) is 0.669. The zero-order chi connectivity index (χ0) is 13.8. The van der Waals surface area contributed by atoms with Crippen molar-refractivity contribution in [1.29, 1.82) is 0 Å². The van der Waals surface area contributed by atoms with E-state index in [0.29, 0.717) is 5.92 Å². The molecule has 1 heterocycles. The Hall–Kier alpha value is -1.32. The largest absolute Gasteiger partial charge is 0.369 e. The van der Waals surface area contributed by atoms with Gasteiger partial charge in [-0.2, -0.15) is 0 Å². The smallest absolute Gasteiger partial charge is 0.0367 e. The maximum atomic E-state index is 5.79. The topological polar surface area (TPSA) is 32.5 Å². The molecule has 2 rings (SSSR count). The minimum Gasteiger partial charge on any atom is -0.369 e. The second-order valence-electron chi connectivity index (χ2n) is 5.37. The van der Waals surface area contributed by atoms with Gasteiger partial charge >= 0.3 is 0 Å². The summed E-state index contributed by atoms with van der Waals surface area (Å²) < 4.78 is 0. The van der Waals surface area contributed by atoms with E-state index < -0.39 is 0 Å². The summed E-state index contributed by atoms with van der Waals surface area (Å²) in [6, 6.07) is 8.98. The molecule has 1 saturated heterocycles. The summed E-state index contributed by atoms with van der Waals surface area (Å²) in [5, 5.41) is 1.89. The van der Waals surface area contributed by atoms with Crippen LogP contribution < -0.4 is 10.7 Å². The number of piperazine rings is 1. The molecule has 1 atom stereocenters. The lowest BCUT2D eigenvalue weighted by Gasteiger charge is -2.33. The van der Waals surface area contributed by atoms with E-state index in [4.69, 9.17) is 5.84 Å². The highest BCUT2D eigenvalue weighted by Gasteiger charge is 2.15. The van der Waals surface area contributed by atoms with Crippen molar-refractivity contribution in [1.82, 2.24) is 5.01 Å². The van der Waals surface area contributed by atoms with Crippen LogP contribution in [-0.4, -0.2) is 31.2 Å². The second kappa shape index (κ2) is 6.22. The Balaban J connectivity index is 2.06. The standard InChI is InChI=1S/C16H25N3/c1-4-13(2)14(3)15-5-7-16(8-6-15)18-9-11-19(17)12-10-18/h4-8,14H,9-12,17H2,1-3H3/b13-4+/t14-/m0/s1. The second-order valence-corrected chi connectivity index (χ2v) is 5.37. The number of rotatable bonds is 3. The number of allylic oxidation sites excluding steroid dienone is 2. The lowest BCUT2D eigenvalue weighted by Crippen LogP contribution is -2.49. The fraction of sp³-hybridized carbons (Fsp3) is 0.500. The fourth-order valence-corrected chi connectivity index (χ4v) is 2.47. The van der Waals surface area contributed by atoms with E-state index in [1.807, 2.05) is 5.01 Å². The molecule has 0 saturated carbocycles. The average molecular weight is 259 g/mol. The molecular weight excluding hydrogens is 234 g/mol. The maximum absolute atomic E-state index is 5.79. The fourth-order valence-electron chi connectivity index (χ4n) is 2.47. The van der Waals surface area contributed by atoms with Gasteiger partial charge in [0.05, 0.1) is 0 Å². The van der Waals surface area contributed by atoms with Crippen LogP contribution in [0.4, 0.5) is 5.69 Å². The lowest BCUT2D eigenvalue weighted by molar-refractivity contribution is 0.266. The molecule has 104 valence electrons. The van der Waals surface area contributed by atoms with Gasteiger partial charge in [0.25, 0.3) is 0 Å². The van der Waals surface area contributed by atoms with Crippen LogP contribution in [0.15, 0.2) is 35.9 Å². The van der Waals surface area contributed by atoms with E-state index in [1.54, 1.807) is 0 Å². The molecule has 1 aliphatic heterocycles. The van der Waals surface area contributed by atoms with Crippen molar-refractivity contribution in [3.05, 3.63) is 41.5 Å². The summed E-state index contributed by atoms with van der Waals surface area (Å²) in [6.45, 7) is 10.5. The predicted octanol–water partition coefficient (Wildman–Crippen LogP) is 2.75. The Labute approximate surface area is 116 Å². The molecule has 1 aromatic carbocycles. The molecule has 2 N–H and O–H groups in total. The van der Waals surface area contributed by atoms with Gasteiger partial charge in [-0.25, -0.2) is 5.01 Å². The molecule has 1 aromatic rings. The molecule has 0 aromatic heterocycles. The molecule has 0 bridgehead atoms. The minimum atomic E-state index is 0.500. The summed E-state index contributed by atoms with van der Waals surface area (Å²) in [6.07, 6.45) is 2.19. The van der Waals surface area contributed by atoms with Crippen LogP contribution in [0.2, 0.25) is 0 Å². The number of benzene rings is 1. The van der Waals surface area contributed by atoms with Gasteiger partial charge in [-0.3, -0.25) is 5.84 Å². The zero-order valence-electron chi connectivity index (χ0n) is 12.3. The van der Waals surface area contributed by atoms with Crippen LogP contribution in [-0.2, 0) is 0 Å². The van der Waals surface area contributed by atoms with Gasteiger partial charge in [0.1, 0.15) is 0 Å². The van der Waals surface area contributed by atoms with Crippen molar-refractivity contribution in [3.63, 3.8) is 0 Å². The van der Waals surface area contributed by atoms with E-state index >= 15 is 0 Å². The summed E-state index contributed by atoms with van der Waals surface area (Å²) in [5.74, 6) is 6.29. The van der Waals surface area contributed by atoms with Crippen molar-refractivity contribution in [2.24, 2.45) is 5.84 Å². The van der Waals surface area contributed by atoms with Gasteiger partial charge in [0.2, 0.25) is 0 Å². The van der Waals surface area contributed by atoms with Crippen molar-refractivity contribution >= 4 is 5.69 Å². The van der Waals surface area contributed by atoms with Crippen molar-refractivity contribution in [3.8, 4) is 0 Å². The van der Waals surface area contributed by atoms with Gasteiger partial charge in [-0.05, 0) is 31.5 Å². The first kappa shape index (κ1) is 14.1. The van der Waals surface area contributed by atoms with Crippen molar-refractivity contribution < 1.29 is 0 Å². The zero-order valence-corrected chi connectivity index (χ0v) is 12.3. The maximum Gasteiger partial charge on any atom is 0.0367 e. The van der Waals surface area contributed by atoms with E-state index in [0.717, 1.165) is 26.2 Å². The number of hydrogen-bond acceptors (Lipinski definition) is 3. The summed E-state index contributed by atoms with van der Waals surface area (Å²) >= 11 is 0. The van der Waals surface area contributed by atoms with Crippen LogP contribution in [0.5, 0.6) is 0 Å². The monoisotopic (exact) mass is 259 g/mol. The van der Waals surface area contributed by atoms with Crippen LogP contribution in [0.25, 0.3) is 0 Å². The highest BCUT2D eigenvalue weighted by Crippen LogP contribution is 2.26. The average Bonchev–Trinajstić information content (AvgIpc) is 2.46. The number of hydrazine groups is 1. The number of nitrogens with two attached hydrogens (primary N) is 1. The Bertz CT molecular complexity index is 428. The highest BCUT2D eigenvalue weighted by atomic mass is 15.4. The molecular formula is C16H25N3. The molecule has 3 nitrogen and oxygen atoms in total. The molecule has 3 heteroatoms. The molecule has 0 amide bonds. The predicted molar refractivity (Wildman–Crippen MR) is 82.3 cm³/mol. The minimum absolute atomic E-state index is 0.500. The Morgan fingerprint density at radius 2 is 1.74 bits per heavy atom. The van der Waals surface area contributed by atoms with E-state index in [2.05, 4.69) is 56.0 Å². The van der Waals surface area contributed by atoms with Crippen LogP contribution in [0.3, 0.4) is 0 Å². The van der Waals surface area contributed by atoms with E-state index in [9.17, 15) is 0 Å².